The third-order valence-corrected chi connectivity index (χ3v) is 7.28. The monoisotopic (exact) mass is 602 g/mol. The van der Waals surface area contributed by atoms with Crippen molar-refractivity contribution in [3.05, 3.63) is 94.2 Å². The summed E-state index contributed by atoms with van der Waals surface area (Å²) in [6.07, 6.45) is -2.02. The summed E-state index contributed by atoms with van der Waals surface area (Å²) in [4.78, 5) is 34.7. The van der Waals surface area contributed by atoms with E-state index >= 15 is 4.39 Å². The highest BCUT2D eigenvalue weighted by Gasteiger charge is 2.44. The van der Waals surface area contributed by atoms with Gasteiger partial charge < -0.3 is 14.0 Å². The van der Waals surface area contributed by atoms with Crippen LogP contribution in [-0.2, 0) is 28.8 Å². The van der Waals surface area contributed by atoms with Crippen LogP contribution in [0, 0.1) is 11.6 Å². The normalized spacial score (nSPS) is 16.5. The predicted molar refractivity (Wildman–Crippen MR) is 146 cm³/mol. The summed E-state index contributed by atoms with van der Waals surface area (Å²) in [6.45, 7) is 4.01. The number of hydrogen-bond acceptors (Lipinski definition) is 6. The molecule has 3 heterocycles. The molecular formula is C30H27F5N4O4. The van der Waals surface area contributed by atoms with Crippen LogP contribution >= 0.6 is 0 Å². The first kappa shape index (κ1) is 30.1. The Morgan fingerprint density at radius 1 is 1.09 bits per heavy atom. The quantitative estimate of drug-likeness (QED) is 0.231. The fourth-order valence-electron chi connectivity index (χ4n) is 5.08. The highest BCUT2D eigenvalue weighted by molar-refractivity contribution is 5.86. The second-order valence-electron chi connectivity index (χ2n) is 10.6. The molecule has 0 N–H and O–H groups in total. The predicted octanol–water partition coefficient (Wildman–Crippen LogP) is 6.31. The third-order valence-electron chi connectivity index (χ3n) is 7.28. The SMILES string of the molecule is CC1(C)OC[C@@H](CCCn2ccc3cc(-c4ncc(C(F)(F)F)cn4)c(F)c(F)c3c2=O)N1C(=O)OCc1ccccc1. The molecule has 1 fully saturated rings. The number of benzene rings is 2. The summed E-state index contributed by atoms with van der Waals surface area (Å²) in [5.74, 6) is -3.35. The maximum Gasteiger partial charge on any atom is 0.419 e. The van der Waals surface area contributed by atoms with Crippen LogP contribution < -0.4 is 5.56 Å². The number of amides is 1. The first-order valence-corrected chi connectivity index (χ1v) is 13.4. The van der Waals surface area contributed by atoms with E-state index in [-0.39, 0.29) is 31.2 Å². The molecule has 1 saturated heterocycles. The van der Waals surface area contributed by atoms with E-state index in [1.54, 1.807) is 13.8 Å². The molecule has 1 aliphatic rings. The zero-order valence-electron chi connectivity index (χ0n) is 23.2. The number of halogens is 5. The lowest BCUT2D eigenvalue weighted by Gasteiger charge is -2.32. The Morgan fingerprint density at radius 2 is 1.79 bits per heavy atom. The Labute approximate surface area is 242 Å². The molecule has 2 aromatic carbocycles. The minimum Gasteiger partial charge on any atom is -0.444 e. The zero-order chi connectivity index (χ0) is 30.9. The van der Waals surface area contributed by atoms with E-state index in [9.17, 15) is 27.2 Å². The van der Waals surface area contributed by atoms with Gasteiger partial charge in [-0.1, -0.05) is 30.3 Å². The summed E-state index contributed by atoms with van der Waals surface area (Å²) >= 11 is 0. The molecule has 1 atom stereocenters. The Kier molecular flexibility index (Phi) is 8.19. The number of carbonyl (C=O) groups is 1. The second-order valence-corrected chi connectivity index (χ2v) is 10.6. The molecule has 4 aromatic rings. The van der Waals surface area contributed by atoms with Crippen LogP contribution in [0.2, 0.25) is 0 Å². The third kappa shape index (κ3) is 6.21. The van der Waals surface area contributed by atoms with Crippen molar-refractivity contribution in [2.75, 3.05) is 6.61 Å². The standard InChI is InChI=1S/C30H27F5N4O4/c1-29(2)39(28(41)42-16-18-7-4-3-5-8-18)21(17-43-29)9-6-11-38-12-10-19-13-22(24(31)25(32)23(19)27(38)40)26-36-14-20(15-37-26)30(33,34)35/h3-5,7-8,10,12-15,21H,6,9,11,16-17H2,1-2H3/t21-/m1/s1. The molecule has 8 nitrogen and oxygen atoms in total. The van der Waals surface area contributed by atoms with Crippen LogP contribution in [0.5, 0.6) is 0 Å². The fraction of sp³-hybridized carbons (Fsp3) is 0.333. The number of nitrogens with zero attached hydrogens (tertiary/aromatic N) is 4. The number of rotatable bonds is 7. The molecule has 0 aliphatic carbocycles. The van der Waals surface area contributed by atoms with Crippen molar-refractivity contribution in [3.8, 4) is 11.4 Å². The molecule has 5 rings (SSSR count). The number of aryl methyl sites for hydroxylation is 1. The Hall–Kier alpha value is -4.39. The fourth-order valence-corrected chi connectivity index (χ4v) is 5.08. The van der Waals surface area contributed by atoms with Gasteiger partial charge in [0.1, 0.15) is 12.3 Å². The van der Waals surface area contributed by atoms with Gasteiger partial charge in [-0.3, -0.25) is 9.69 Å². The van der Waals surface area contributed by atoms with E-state index in [2.05, 4.69) is 9.97 Å². The van der Waals surface area contributed by atoms with Crippen molar-refractivity contribution in [2.24, 2.45) is 0 Å². The second kappa shape index (κ2) is 11.7. The highest BCUT2D eigenvalue weighted by Crippen LogP contribution is 2.32. The van der Waals surface area contributed by atoms with Crippen molar-refractivity contribution in [1.82, 2.24) is 19.4 Å². The number of pyridine rings is 1. The lowest BCUT2D eigenvalue weighted by Crippen LogP contribution is -2.48. The van der Waals surface area contributed by atoms with Gasteiger partial charge in [0.2, 0.25) is 0 Å². The van der Waals surface area contributed by atoms with Gasteiger partial charge in [0.05, 0.1) is 29.2 Å². The molecule has 1 amide bonds. The molecule has 1 aliphatic heterocycles. The minimum atomic E-state index is -4.69. The molecule has 2 aromatic heterocycles. The van der Waals surface area contributed by atoms with E-state index < -0.39 is 57.5 Å². The van der Waals surface area contributed by atoms with Crippen LogP contribution in [0.4, 0.5) is 26.7 Å². The van der Waals surface area contributed by atoms with Crippen LogP contribution in [0.3, 0.4) is 0 Å². The van der Waals surface area contributed by atoms with Gasteiger partial charge in [-0.25, -0.2) is 23.5 Å². The maximum absolute atomic E-state index is 15.1. The number of alkyl halides is 3. The lowest BCUT2D eigenvalue weighted by atomic mass is 10.1. The Bertz CT molecular complexity index is 1690. The summed E-state index contributed by atoms with van der Waals surface area (Å²) in [5, 5.41) is -0.468. The maximum atomic E-state index is 15.1. The molecule has 0 unspecified atom stereocenters. The van der Waals surface area contributed by atoms with E-state index in [1.165, 1.54) is 21.7 Å². The molecule has 13 heteroatoms. The van der Waals surface area contributed by atoms with E-state index in [0.717, 1.165) is 11.6 Å². The molecule has 0 radical (unpaired) electrons. The van der Waals surface area contributed by atoms with Crippen molar-refractivity contribution < 1.29 is 36.2 Å². The molecule has 0 saturated carbocycles. The van der Waals surface area contributed by atoms with Gasteiger partial charge in [0.25, 0.3) is 5.56 Å². The minimum absolute atomic E-state index is 0.0388. The van der Waals surface area contributed by atoms with Gasteiger partial charge in [0, 0.05) is 25.1 Å². The molecule has 0 spiro atoms. The molecular weight excluding hydrogens is 575 g/mol. The molecule has 0 bridgehead atoms. The largest absolute Gasteiger partial charge is 0.444 e. The van der Waals surface area contributed by atoms with Gasteiger partial charge in [-0.05, 0) is 49.8 Å². The van der Waals surface area contributed by atoms with E-state index in [4.69, 9.17) is 9.47 Å². The van der Waals surface area contributed by atoms with E-state index in [0.29, 0.717) is 25.2 Å². The van der Waals surface area contributed by atoms with Crippen molar-refractivity contribution in [3.63, 3.8) is 0 Å². The summed E-state index contributed by atoms with van der Waals surface area (Å²) in [6, 6.07) is 11.4. The van der Waals surface area contributed by atoms with Gasteiger partial charge >= 0.3 is 12.3 Å². The summed E-state index contributed by atoms with van der Waals surface area (Å²) < 4.78 is 81.2. The van der Waals surface area contributed by atoms with Crippen molar-refractivity contribution >= 4 is 16.9 Å². The van der Waals surface area contributed by atoms with Gasteiger partial charge in [-0.15, -0.1) is 0 Å². The number of fused-ring (bicyclic) bond motifs is 1. The average molecular weight is 603 g/mol. The average Bonchev–Trinajstić information content (AvgIpc) is 3.28. The first-order valence-electron chi connectivity index (χ1n) is 13.4. The van der Waals surface area contributed by atoms with Crippen LogP contribution in [0.25, 0.3) is 22.2 Å². The van der Waals surface area contributed by atoms with Crippen LogP contribution in [0.15, 0.2) is 65.8 Å². The molecule has 226 valence electrons. The highest BCUT2D eigenvalue weighted by atomic mass is 19.4. The first-order chi connectivity index (χ1) is 20.4. The Balaban J connectivity index is 1.30. The van der Waals surface area contributed by atoms with Crippen molar-refractivity contribution in [1.29, 1.82) is 0 Å². The van der Waals surface area contributed by atoms with Crippen molar-refractivity contribution in [2.45, 2.75) is 57.8 Å². The smallest absolute Gasteiger partial charge is 0.419 e. The number of ether oxygens (including phenoxy) is 2. The molecule has 43 heavy (non-hydrogen) atoms. The van der Waals surface area contributed by atoms with E-state index in [1.807, 2.05) is 30.3 Å². The number of carbonyl (C=O) groups excluding carboxylic acids is 1. The topological polar surface area (TPSA) is 86.5 Å². The lowest BCUT2D eigenvalue weighted by molar-refractivity contribution is -0.138. The number of aromatic nitrogens is 3. The number of hydrogen-bond donors (Lipinski definition) is 0. The van der Waals surface area contributed by atoms with Gasteiger partial charge in [-0.2, -0.15) is 13.2 Å². The Morgan fingerprint density at radius 3 is 2.47 bits per heavy atom. The zero-order valence-corrected chi connectivity index (χ0v) is 23.2. The van der Waals surface area contributed by atoms with Gasteiger partial charge in [0.15, 0.2) is 17.5 Å². The summed E-state index contributed by atoms with van der Waals surface area (Å²) in [7, 11) is 0. The summed E-state index contributed by atoms with van der Waals surface area (Å²) in [5.41, 5.74) is -2.47. The van der Waals surface area contributed by atoms with Crippen LogP contribution in [0.1, 0.15) is 37.8 Å². The van der Waals surface area contributed by atoms with Crippen LogP contribution in [-0.4, -0.2) is 43.9 Å².